The Hall–Kier alpha value is -2.17. The number of nitrogens with zero attached hydrogens (tertiary/aromatic N) is 1. The molecule has 1 saturated carbocycles. The fraction of sp³-hybridized carbons (Fsp3) is 0.435. The highest BCUT2D eigenvalue weighted by Gasteiger charge is 2.48. The van der Waals surface area contributed by atoms with Gasteiger partial charge in [-0.2, -0.15) is 0 Å². The third-order valence-electron chi connectivity index (χ3n) is 6.49. The average Bonchev–Trinajstić information content (AvgIpc) is 2.71. The van der Waals surface area contributed by atoms with Crippen LogP contribution in [0.5, 0.6) is 0 Å². The van der Waals surface area contributed by atoms with Gasteiger partial charge >= 0.3 is 5.97 Å². The average molecular weight is 365 g/mol. The maximum atomic E-state index is 11.6. The van der Waals surface area contributed by atoms with E-state index in [9.17, 15) is 15.0 Å². The van der Waals surface area contributed by atoms with Gasteiger partial charge in [0.2, 0.25) is 0 Å². The highest BCUT2D eigenvalue weighted by atomic mass is 16.4. The quantitative estimate of drug-likeness (QED) is 0.859. The summed E-state index contributed by atoms with van der Waals surface area (Å²) in [6, 6.07) is 17.6. The van der Waals surface area contributed by atoms with Crippen LogP contribution in [0.2, 0.25) is 0 Å². The summed E-state index contributed by atoms with van der Waals surface area (Å²) in [4.78, 5) is 14.0. The number of likely N-dealkylation sites (tertiary alicyclic amines) is 1. The van der Waals surface area contributed by atoms with Crippen molar-refractivity contribution in [3.8, 4) is 0 Å². The number of benzene rings is 2. The summed E-state index contributed by atoms with van der Waals surface area (Å²) in [6.07, 6.45) is 5.09. The van der Waals surface area contributed by atoms with Crippen LogP contribution in [0.3, 0.4) is 0 Å². The van der Waals surface area contributed by atoms with Crippen molar-refractivity contribution in [1.29, 1.82) is 0 Å². The van der Waals surface area contributed by atoms with Crippen molar-refractivity contribution in [1.82, 2.24) is 4.90 Å². The molecule has 0 spiro atoms. The second-order valence-corrected chi connectivity index (χ2v) is 7.93. The Morgan fingerprint density at radius 1 is 1.04 bits per heavy atom. The highest BCUT2D eigenvalue weighted by Crippen LogP contribution is 2.47. The van der Waals surface area contributed by atoms with Gasteiger partial charge in [0.1, 0.15) is 0 Å². The molecule has 27 heavy (non-hydrogen) atoms. The van der Waals surface area contributed by atoms with E-state index >= 15 is 0 Å². The van der Waals surface area contributed by atoms with Gasteiger partial charge in [0.15, 0.2) is 0 Å². The molecule has 1 aliphatic heterocycles. The van der Waals surface area contributed by atoms with Crippen LogP contribution in [0.4, 0.5) is 0 Å². The maximum Gasteiger partial charge on any atom is 0.336 e. The van der Waals surface area contributed by atoms with Gasteiger partial charge in [-0.3, -0.25) is 4.90 Å². The van der Waals surface area contributed by atoms with E-state index in [4.69, 9.17) is 0 Å². The molecule has 2 aromatic rings. The molecule has 2 aromatic carbocycles. The lowest BCUT2D eigenvalue weighted by Crippen LogP contribution is -2.57. The molecule has 2 fully saturated rings. The molecule has 1 aliphatic carbocycles. The normalized spacial score (nSPS) is 28.5. The van der Waals surface area contributed by atoms with Gasteiger partial charge in [-0.25, -0.2) is 4.79 Å². The van der Waals surface area contributed by atoms with Crippen LogP contribution in [0.25, 0.3) is 0 Å². The van der Waals surface area contributed by atoms with E-state index in [1.165, 1.54) is 6.42 Å². The summed E-state index contributed by atoms with van der Waals surface area (Å²) in [6.45, 7) is 1.41. The van der Waals surface area contributed by atoms with E-state index in [0.717, 1.165) is 36.9 Å². The summed E-state index contributed by atoms with van der Waals surface area (Å²) < 4.78 is 0. The number of hydrogen-bond donors (Lipinski definition) is 2. The maximum absolute atomic E-state index is 11.6. The van der Waals surface area contributed by atoms with Gasteiger partial charge in [-0.15, -0.1) is 0 Å². The number of carboxylic acids is 1. The lowest BCUT2D eigenvalue weighted by molar-refractivity contribution is -0.123. The SMILES string of the molecule is O=C(O)c1ccccc1CN1CC[C@](O)(c2ccccc2)[C@@H]2CCCC[C@@H]21. The van der Waals surface area contributed by atoms with E-state index in [0.29, 0.717) is 24.6 Å². The van der Waals surface area contributed by atoms with Crippen molar-refractivity contribution in [3.05, 3.63) is 71.3 Å². The van der Waals surface area contributed by atoms with Crippen molar-refractivity contribution >= 4 is 5.97 Å². The molecule has 4 rings (SSSR count). The first-order chi connectivity index (χ1) is 13.1. The number of aliphatic hydroxyl groups is 1. The topological polar surface area (TPSA) is 60.8 Å². The van der Waals surface area contributed by atoms with Gasteiger partial charge in [-0.1, -0.05) is 61.4 Å². The first-order valence-electron chi connectivity index (χ1n) is 9.93. The number of hydrogen-bond acceptors (Lipinski definition) is 3. The Morgan fingerprint density at radius 2 is 1.74 bits per heavy atom. The molecule has 2 N–H and O–H groups in total. The molecule has 0 bridgehead atoms. The highest BCUT2D eigenvalue weighted by molar-refractivity contribution is 5.89. The Labute approximate surface area is 160 Å². The lowest BCUT2D eigenvalue weighted by atomic mass is 9.66. The third-order valence-corrected chi connectivity index (χ3v) is 6.49. The molecule has 0 aromatic heterocycles. The molecular weight excluding hydrogens is 338 g/mol. The predicted octanol–water partition coefficient (Wildman–Crippen LogP) is 4.04. The standard InChI is InChI=1S/C23H27NO3/c25-22(26)19-11-5-4-8-17(19)16-24-15-14-23(27,18-9-2-1-3-10-18)20-12-6-7-13-21(20)24/h1-5,8-11,20-21,27H,6-7,12-16H2,(H,25,26)/t20-,21+,23+/m1/s1. The molecule has 0 amide bonds. The predicted molar refractivity (Wildman–Crippen MR) is 105 cm³/mol. The number of carboxylic acid groups (broad SMARTS) is 1. The van der Waals surface area contributed by atoms with Crippen molar-refractivity contribution in [3.63, 3.8) is 0 Å². The zero-order valence-electron chi connectivity index (χ0n) is 15.6. The number of rotatable bonds is 4. The lowest BCUT2D eigenvalue weighted by Gasteiger charge is -2.52. The summed E-state index contributed by atoms with van der Waals surface area (Å²) >= 11 is 0. The van der Waals surface area contributed by atoms with Crippen LogP contribution >= 0.6 is 0 Å². The first kappa shape index (κ1) is 18.2. The van der Waals surface area contributed by atoms with E-state index in [1.54, 1.807) is 12.1 Å². The monoisotopic (exact) mass is 365 g/mol. The van der Waals surface area contributed by atoms with Gasteiger partial charge in [0.05, 0.1) is 11.2 Å². The number of fused-ring (bicyclic) bond motifs is 1. The van der Waals surface area contributed by atoms with E-state index in [1.807, 2.05) is 42.5 Å². The van der Waals surface area contributed by atoms with Gasteiger partial charge < -0.3 is 10.2 Å². The molecule has 0 radical (unpaired) electrons. The molecule has 2 aliphatic rings. The van der Waals surface area contributed by atoms with Crippen molar-refractivity contribution in [2.45, 2.75) is 50.3 Å². The number of piperidine rings is 1. The zero-order valence-corrected chi connectivity index (χ0v) is 15.6. The summed E-state index contributed by atoms with van der Waals surface area (Å²) in [5.74, 6) is -0.678. The fourth-order valence-corrected chi connectivity index (χ4v) is 5.14. The van der Waals surface area contributed by atoms with Crippen LogP contribution in [-0.4, -0.2) is 33.7 Å². The minimum atomic E-state index is -0.872. The smallest absolute Gasteiger partial charge is 0.336 e. The van der Waals surface area contributed by atoms with Crippen LogP contribution < -0.4 is 0 Å². The number of carbonyl (C=O) groups is 1. The second-order valence-electron chi connectivity index (χ2n) is 7.93. The van der Waals surface area contributed by atoms with E-state index < -0.39 is 11.6 Å². The summed E-state index contributed by atoms with van der Waals surface area (Å²) in [7, 11) is 0. The Morgan fingerprint density at radius 3 is 2.52 bits per heavy atom. The fourth-order valence-electron chi connectivity index (χ4n) is 5.14. The minimum absolute atomic E-state index is 0.194. The molecule has 4 nitrogen and oxygen atoms in total. The molecule has 142 valence electrons. The molecule has 4 heteroatoms. The van der Waals surface area contributed by atoms with Crippen LogP contribution in [0, 0.1) is 5.92 Å². The van der Waals surface area contributed by atoms with Crippen molar-refractivity contribution in [2.24, 2.45) is 5.92 Å². The third kappa shape index (κ3) is 3.40. The minimum Gasteiger partial charge on any atom is -0.478 e. The molecule has 3 atom stereocenters. The van der Waals surface area contributed by atoms with E-state index in [2.05, 4.69) is 4.90 Å². The Kier molecular flexibility index (Phi) is 5.02. The molecular formula is C23H27NO3. The molecule has 0 unspecified atom stereocenters. The van der Waals surface area contributed by atoms with Gasteiger partial charge in [0.25, 0.3) is 0 Å². The Balaban J connectivity index is 1.62. The molecule has 1 saturated heterocycles. The van der Waals surface area contributed by atoms with Crippen LogP contribution in [0.15, 0.2) is 54.6 Å². The number of aromatic carboxylic acids is 1. The summed E-state index contributed by atoms with van der Waals surface area (Å²) in [5.41, 5.74) is 1.48. The van der Waals surface area contributed by atoms with Gasteiger partial charge in [0, 0.05) is 25.0 Å². The summed E-state index contributed by atoms with van der Waals surface area (Å²) in [5, 5.41) is 21.1. The largest absolute Gasteiger partial charge is 0.478 e. The van der Waals surface area contributed by atoms with Crippen LogP contribution in [0.1, 0.15) is 53.6 Å². The van der Waals surface area contributed by atoms with E-state index in [-0.39, 0.29) is 5.92 Å². The van der Waals surface area contributed by atoms with Crippen LogP contribution in [-0.2, 0) is 12.1 Å². The first-order valence-corrected chi connectivity index (χ1v) is 9.93. The van der Waals surface area contributed by atoms with Crippen molar-refractivity contribution in [2.75, 3.05) is 6.54 Å². The molecule has 1 heterocycles. The second kappa shape index (κ2) is 7.45. The zero-order chi connectivity index (χ0) is 18.9. The van der Waals surface area contributed by atoms with Gasteiger partial charge in [-0.05, 0) is 36.5 Å². The van der Waals surface area contributed by atoms with Crippen molar-refractivity contribution < 1.29 is 15.0 Å². The Bertz CT molecular complexity index is 806.